The zero-order valence-corrected chi connectivity index (χ0v) is 21.4. The summed E-state index contributed by atoms with van der Waals surface area (Å²) in [5.41, 5.74) is 0.397. The third kappa shape index (κ3) is 4.42. The lowest BCUT2D eigenvalue weighted by Gasteiger charge is -2.30. The number of rotatable bonds is 7. The van der Waals surface area contributed by atoms with Crippen LogP contribution in [0.25, 0.3) is 0 Å². The standard InChI is InChI=1S/C29H23ClN2O7/c30-20-9-5-17(6-10-20)26(34)31(32-27(35)24-18-3-4-19(14-18)25(24)28(32)36)15-22(33)16-7-11-21(12-8-16)39-29(37)23-2-1-13-38-23/h1-2,5-13,18-19,24-25H,3-4,14-15H2/t18-,19-,24-,25+/m0/s1. The highest BCUT2D eigenvalue weighted by molar-refractivity contribution is 6.30. The summed E-state index contributed by atoms with van der Waals surface area (Å²) in [7, 11) is 0. The minimum absolute atomic E-state index is 0.0321. The summed E-state index contributed by atoms with van der Waals surface area (Å²) in [5, 5.41) is 2.27. The van der Waals surface area contributed by atoms with Gasteiger partial charge in [0, 0.05) is 16.1 Å². The molecule has 10 heteroatoms. The van der Waals surface area contributed by atoms with Gasteiger partial charge in [-0.2, -0.15) is 5.01 Å². The second-order valence-corrected chi connectivity index (χ2v) is 10.5. The van der Waals surface area contributed by atoms with Crippen LogP contribution in [0.3, 0.4) is 0 Å². The molecule has 198 valence electrons. The van der Waals surface area contributed by atoms with Crippen LogP contribution < -0.4 is 4.74 Å². The molecule has 6 rings (SSSR count). The number of carbonyl (C=O) groups is 5. The van der Waals surface area contributed by atoms with Gasteiger partial charge < -0.3 is 9.15 Å². The Labute approximate surface area is 228 Å². The number of hydrogen-bond acceptors (Lipinski definition) is 7. The van der Waals surface area contributed by atoms with E-state index < -0.39 is 47.9 Å². The van der Waals surface area contributed by atoms with Crippen LogP contribution in [0, 0.1) is 23.7 Å². The number of nitrogens with zero attached hydrogens (tertiary/aromatic N) is 2. The van der Waals surface area contributed by atoms with Crippen LogP contribution >= 0.6 is 11.6 Å². The van der Waals surface area contributed by atoms with E-state index in [1.807, 2.05) is 0 Å². The van der Waals surface area contributed by atoms with Crippen molar-refractivity contribution in [1.82, 2.24) is 10.0 Å². The van der Waals surface area contributed by atoms with Crippen molar-refractivity contribution in [3.8, 4) is 5.75 Å². The van der Waals surface area contributed by atoms with E-state index in [1.54, 1.807) is 6.07 Å². The van der Waals surface area contributed by atoms with Crippen LogP contribution in [0.5, 0.6) is 5.75 Å². The van der Waals surface area contributed by atoms with Gasteiger partial charge in [0.15, 0.2) is 5.78 Å². The number of imide groups is 1. The van der Waals surface area contributed by atoms with Gasteiger partial charge in [-0.15, -0.1) is 0 Å². The molecule has 2 heterocycles. The third-order valence-electron chi connectivity index (χ3n) is 7.87. The monoisotopic (exact) mass is 546 g/mol. The number of furan rings is 1. The Morgan fingerprint density at radius 3 is 2.10 bits per heavy atom. The van der Waals surface area contributed by atoms with Gasteiger partial charge in [-0.3, -0.25) is 19.2 Å². The fourth-order valence-corrected chi connectivity index (χ4v) is 6.22. The van der Waals surface area contributed by atoms with Gasteiger partial charge in [0.05, 0.1) is 18.1 Å². The molecule has 9 nitrogen and oxygen atoms in total. The molecule has 0 unspecified atom stereocenters. The van der Waals surface area contributed by atoms with E-state index in [0.29, 0.717) is 5.02 Å². The maximum Gasteiger partial charge on any atom is 0.379 e. The molecule has 3 fully saturated rings. The van der Waals surface area contributed by atoms with Crippen LogP contribution in [0.1, 0.15) is 50.5 Å². The zero-order chi connectivity index (χ0) is 27.3. The number of ketones is 1. The lowest BCUT2D eigenvalue weighted by molar-refractivity contribution is -0.155. The van der Waals surface area contributed by atoms with E-state index in [0.717, 1.165) is 29.3 Å². The van der Waals surface area contributed by atoms with Crippen molar-refractivity contribution in [1.29, 1.82) is 0 Å². The average Bonchev–Trinajstić information content (AvgIpc) is 3.74. The van der Waals surface area contributed by atoms with Crippen molar-refractivity contribution < 1.29 is 33.1 Å². The molecule has 2 aliphatic carbocycles. The summed E-state index contributed by atoms with van der Waals surface area (Å²) in [6.07, 6.45) is 3.98. The van der Waals surface area contributed by atoms with Crippen molar-refractivity contribution in [3.63, 3.8) is 0 Å². The number of halogens is 1. The molecule has 3 aromatic rings. The number of ether oxygens (including phenoxy) is 1. The first-order valence-electron chi connectivity index (χ1n) is 12.7. The molecular weight excluding hydrogens is 524 g/mol. The molecule has 4 atom stereocenters. The van der Waals surface area contributed by atoms with E-state index in [4.69, 9.17) is 20.8 Å². The van der Waals surface area contributed by atoms with Gasteiger partial charge in [-0.05, 0) is 91.8 Å². The van der Waals surface area contributed by atoms with Gasteiger partial charge in [0.1, 0.15) is 12.3 Å². The van der Waals surface area contributed by atoms with Crippen LogP contribution in [0.15, 0.2) is 71.3 Å². The lowest BCUT2D eigenvalue weighted by Crippen LogP contribution is -2.52. The Bertz CT molecular complexity index is 1440. The number of hydrogen-bond donors (Lipinski definition) is 0. The Morgan fingerprint density at radius 2 is 1.51 bits per heavy atom. The second-order valence-electron chi connectivity index (χ2n) is 10.1. The minimum atomic E-state index is -0.690. The van der Waals surface area contributed by atoms with Crippen molar-refractivity contribution in [2.24, 2.45) is 23.7 Å². The molecule has 3 aliphatic rings. The molecule has 0 radical (unpaired) electrons. The first kappa shape index (κ1) is 25.1. The van der Waals surface area contributed by atoms with Crippen LogP contribution in [-0.2, 0) is 9.59 Å². The van der Waals surface area contributed by atoms with E-state index in [2.05, 4.69) is 0 Å². The first-order chi connectivity index (χ1) is 18.8. The first-order valence-corrected chi connectivity index (χ1v) is 13.0. The summed E-state index contributed by atoms with van der Waals surface area (Å²) in [6, 6.07) is 14.8. The van der Waals surface area contributed by atoms with Crippen LogP contribution in [0.2, 0.25) is 5.02 Å². The molecule has 39 heavy (non-hydrogen) atoms. The smallest absolute Gasteiger partial charge is 0.379 e. The van der Waals surface area contributed by atoms with Crippen LogP contribution in [0.4, 0.5) is 0 Å². The predicted molar refractivity (Wildman–Crippen MR) is 137 cm³/mol. The number of Topliss-reactive ketones (excluding diaryl/α,β-unsaturated/α-hetero) is 1. The molecule has 1 saturated heterocycles. The van der Waals surface area contributed by atoms with E-state index in [9.17, 15) is 24.0 Å². The van der Waals surface area contributed by atoms with Crippen molar-refractivity contribution >= 4 is 41.1 Å². The molecule has 2 saturated carbocycles. The van der Waals surface area contributed by atoms with Crippen molar-refractivity contribution in [2.75, 3.05) is 6.54 Å². The molecule has 1 aromatic heterocycles. The number of amides is 3. The Kier molecular flexibility index (Phi) is 6.31. The number of carbonyl (C=O) groups excluding carboxylic acids is 5. The number of hydrazine groups is 1. The second kappa shape index (κ2) is 9.81. The summed E-state index contributed by atoms with van der Waals surface area (Å²) in [5.74, 6) is -3.11. The average molecular weight is 547 g/mol. The molecule has 1 aliphatic heterocycles. The highest BCUT2D eigenvalue weighted by atomic mass is 35.5. The van der Waals surface area contributed by atoms with Crippen LogP contribution in [-0.4, -0.2) is 46.0 Å². The molecule has 2 bridgehead atoms. The summed E-state index contributed by atoms with van der Waals surface area (Å²) in [4.78, 5) is 66.1. The molecular formula is C29H23ClN2O7. The number of benzene rings is 2. The normalized spacial score (nSPS) is 23.2. The summed E-state index contributed by atoms with van der Waals surface area (Å²) < 4.78 is 10.3. The fraction of sp³-hybridized carbons (Fsp3) is 0.276. The predicted octanol–water partition coefficient (Wildman–Crippen LogP) is 4.42. The third-order valence-corrected chi connectivity index (χ3v) is 8.13. The van der Waals surface area contributed by atoms with Gasteiger partial charge in [0.25, 0.3) is 17.7 Å². The zero-order valence-electron chi connectivity index (χ0n) is 20.6. The maximum absolute atomic E-state index is 13.6. The highest BCUT2D eigenvalue weighted by Gasteiger charge is 2.62. The largest absolute Gasteiger partial charge is 0.457 e. The Morgan fingerprint density at radius 1 is 0.897 bits per heavy atom. The maximum atomic E-state index is 13.6. The SMILES string of the molecule is O=C(CN(C(=O)c1ccc(Cl)cc1)N1C(=O)[C@@H]2[C@H]3CC[C@@H](C3)[C@@H]2C1=O)c1ccc(OC(=O)c2ccco2)cc1. The van der Waals surface area contributed by atoms with Gasteiger partial charge in [-0.25, -0.2) is 9.80 Å². The molecule has 2 aromatic carbocycles. The summed E-state index contributed by atoms with van der Waals surface area (Å²) >= 11 is 5.98. The van der Waals surface area contributed by atoms with Crippen molar-refractivity contribution in [3.05, 3.63) is 88.8 Å². The molecule has 0 N–H and O–H groups in total. The van der Waals surface area contributed by atoms with E-state index in [-0.39, 0.29) is 34.5 Å². The van der Waals surface area contributed by atoms with E-state index in [1.165, 1.54) is 60.9 Å². The van der Waals surface area contributed by atoms with Gasteiger partial charge in [-0.1, -0.05) is 11.6 Å². The Balaban J connectivity index is 1.25. The topological polar surface area (TPSA) is 114 Å². The van der Waals surface area contributed by atoms with E-state index >= 15 is 0 Å². The molecule has 0 spiro atoms. The lowest BCUT2D eigenvalue weighted by atomic mass is 9.81. The molecule has 3 amide bonds. The van der Waals surface area contributed by atoms with Crippen molar-refractivity contribution in [2.45, 2.75) is 19.3 Å². The van der Waals surface area contributed by atoms with Gasteiger partial charge >= 0.3 is 5.97 Å². The Hall–Kier alpha value is -4.24. The number of fused-ring (bicyclic) bond motifs is 5. The fourth-order valence-electron chi connectivity index (χ4n) is 6.09. The quantitative estimate of drug-likeness (QED) is 0.186. The number of esters is 1. The summed E-state index contributed by atoms with van der Waals surface area (Å²) in [6.45, 7) is -0.529. The van der Waals surface area contributed by atoms with Gasteiger partial charge in [0.2, 0.25) is 5.76 Å². The minimum Gasteiger partial charge on any atom is -0.457 e. The highest BCUT2D eigenvalue weighted by Crippen LogP contribution is 2.56.